The summed E-state index contributed by atoms with van der Waals surface area (Å²) in [6.45, 7) is 4.94. The van der Waals surface area contributed by atoms with Crippen molar-refractivity contribution in [2.75, 3.05) is 19.7 Å². The van der Waals surface area contributed by atoms with Gasteiger partial charge >= 0.3 is 5.97 Å². The normalized spacial score (nSPS) is 11.7. The molecule has 1 rings (SSSR count). The summed E-state index contributed by atoms with van der Waals surface area (Å²) < 4.78 is 5.06. The predicted molar refractivity (Wildman–Crippen MR) is 75.1 cm³/mol. The number of carbonyl (C=O) groups excluding carboxylic acids is 1. The number of hydrogen-bond acceptors (Lipinski definition) is 5. The molecule has 104 valence electrons. The second-order valence-corrected chi connectivity index (χ2v) is 4.95. The fourth-order valence-electron chi connectivity index (χ4n) is 1.57. The zero-order valence-corrected chi connectivity index (χ0v) is 11.9. The lowest BCUT2D eigenvalue weighted by Gasteiger charge is -2.15. The molecule has 0 saturated heterocycles. The molecule has 0 bridgehead atoms. The monoisotopic (exact) mass is 282 g/mol. The maximum absolute atomic E-state index is 11.9. The molecule has 0 aliphatic heterocycles. The Bertz CT molecular complexity index is 454. The van der Waals surface area contributed by atoms with Crippen LogP contribution in [0.25, 0.3) is 10.4 Å². The highest BCUT2D eigenvalue weighted by Crippen LogP contribution is 2.24. The van der Waals surface area contributed by atoms with Gasteiger partial charge in [-0.15, -0.1) is 11.3 Å². The highest BCUT2D eigenvalue weighted by Gasteiger charge is 2.22. The highest BCUT2D eigenvalue weighted by atomic mass is 32.1. The summed E-state index contributed by atoms with van der Waals surface area (Å²) in [5.41, 5.74) is 8.22. The SMILES string of the molecule is CCOC(=O)C(NCCN=[N+]=[N-])c1ccc(CC)s1. The van der Waals surface area contributed by atoms with E-state index >= 15 is 0 Å². The van der Waals surface area contributed by atoms with E-state index in [1.807, 2.05) is 12.1 Å². The van der Waals surface area contributed by atoms with Crippen LogP contribution in [-0.2, 0) is 16.0 Å². The maximum atomic E-state index is 11.9. The van der Waals surface area contributed by atoms with Crippen LogP contribution in [0.15, 0.2) is 17.2 Å². The smallest absolute Gasteiger partial charge is 0.328 e. The van der Waals surface area contributed by atoms with Crippen LogP contribution in [0.4, 0.5) is 0 Å². The van der Waals surface area contributed by atoms with E-state index in [2.05, 4.69) is 22.3 Å². The van der Waals surface area contributed by atoms with E-state index in [1.54, 1.807) is 18.3 Å². The van der Waals surface area contributed by atoms with Gasteiger partial charge < -0.3 is 4.74 Å². The number of rotatable bonds is 8. The molecule has 1 heterocycles. The summed E-state index contributed by atoms with van der Waals surface area (Å²) in [7, 11) is 0. The summed E-state index contributed by atoms with van der Waals surface area (Å²) in [6, 6.07) is 3.46. The zero-order valence-electron chi connectivity index (χ0n) is 11.1. The standard InChI is InChI=1S/C12H18N4O2S/c1-3-9-5-6-10(19-9)11(12(17)18-4-2)14-7-8-15-16-13/h5-6,11,14H,3-4,7-8H2,1-2H3. The Morgan fingerprint density at radius 2 is 2.37 bits per heavy atom. The van der Waals surface area contributed by atoms with E-state index in [4.69, 9.17) is 10.3 Å². The second kappa shape index (κ2) is 8.53. The third kappa shape index (κ3) is 4.90. The van der Waals surface area contributed by atoms with Crippen LogP contribution in [0.1, 0.15) is 29.6 Å². The molecule has 0 aliphatic carbocycles. The van der Waals surface area contributed by atoms with Crippen LogP contribution < -0.4 is 5.32 Å². The van der Waals surface area contributed by atoms with Crippen molar-refractivity contribution in [1.82, 2.24) is 5.32 Å². The third-order valence-corrected chi connectivity index (χ3v) is 3.76. The number of carbonyl (C=O) groups is 1. The van der Waals surface area contributed by atoms with E-state index in [0.717, 1.165) is 11.3 Å². The number of aryl methyl sites for hydroxylation is 1. The molecule has 0 aromatic carbocycles. The van der Waals surface area contributed by atoms with Crippen molar-refractivity contribution in [2.24, 2.45) is 5.11 Å². The minimum Gasteiger partial charge on any atom is -0.465 e. The molecule has 7 heteroatoms. The van der Waals surface area contributed by atoms with E-state index in [-0.39, 0.29) is 5.97 Å². The first-order valence-electron chi connectivity index (χ1n) is 6.22. The van der Waals surface area contributed by atoms with Gasteiger partial charge in [0.2, 0.25) is 0 Å². The second-order valence-electron chi connectivity index (χ2n) is 3.75. The Balaban J connectivity index is 2.73. The molecule has 1 atom stereocenters. The number of thiophene rings is 1. The zero-order chi connectivity index (χ0) is 14.1. The van der Waals surface area contributed by atoms with Crippen molar-refractivity contribution in [3.05, 3.63) is 32.3 Å². The number of nitrogens with one attached hydrogen (secondary N) is 1. The summed E-state index contributed by atoms with van der Waals surface area (Å²) in [4.78, 5) is 16.7. The fourth-order valence-corrected chi connectivity index (χ4v) is 2.59. The first kappa shape index (κ1) is 15.5. The van der Waals surface area contributed by atoms with E-state index in [0.29, 0.717) is 19.7 Å². The lowest BCUT2D eigenvalue weighted by molar-refractivity contribution is -0.145. The highest BCUT2D eigenvalue weighted by molar-refractivity contribution is 7.12. The van der Waals surface area contributed by atoms with Crippen LogP contribution in [0, 0.1) is 0 Å². The fraction of sp³-hybridized carbons (Fsp3) is 0.583. The number of azide groups is 1. The first-order chi connectivity index (χ1) is 9.22. The molecule has 0 fully saturated rings. The topological polar surface area (TPSA) is 87.1 Å². The molecule has 1 N–H and O–H groups in total. The molecule has 0 radical (unpaired) electrons. The van der Waals surface area contributed by atoms with Crippen molar-refractivity contribution >= 4 is 17.3 Å². The molecular weight excluding hydrogens is 264 g/mol. The summed E-state index contributed by atoms with van der Waals surface area (Å²) >= 11 is 1.59. The van der Waals surface area contributed by atoms with Crippen LogP contribution in [0.3, 0.4) is 0 Å². The van der Waals surface area contributed by atoms with Gasteiger partial charge in [0.05, 0.1) is 6.61 Å². The molecule has 0 spiro atoms. The molecule has 19 heavy (non-hydrogen) atoms. The third-order valence-electron chi connectivity index (χ3n) is 2.46. The van der Waals surface area contributed by atoms with Crippen LogP contribution in [0.5, 0.6) is 0 Å². The Morgan fingerprint density at radius 1 is 1.58 bits per heavy atom. The van der Waals surface area contributed by atoms with Crippen molar-refractivity contribution < 1.29 is 9.53 Å². The number of hydrogen-bond donors (Lipinski definition) is 1. The van der Waals surface area contributed by atoms with Gasteiger partial charge in [-0.1, -0.05) is 12.0 Å². The van der Waals surface area contributed by atoms with Gasteiger partial charge in [-0.25, -0.2) is 4.79 Å². The van der Waals surface area contributed by atoms with Gasteiger partial charge in [0.1, 0.15) is 6.04 Å². The van der Waals surface area contributed by atoms with Gasteiger partial charge in [-0.05, 0) is 31.0 Å². The van der Waals surface area contributed by atoms with Gasteiger partial charge in [0.15, 0.2) is 0 Å². The van der Waals surface area contributed by atoms with Crippen molar-refractivity contribution in [1.29, 1.82) is 0 Å². The van der Waals surface area contributed by atoms with E-state index in [1.165, 1.54) is 4.88 Å². The van der Waals surface area contributed by atoms with Crippen molar-refractivity contribution in [3.63, 3.8) is 0 Å². The molecule has 0 aliphatic rings. The van der Waals surface area contributed by atoms with Crippen LogP contribution >= 0.6 is 11.3 Å². The minimum atomic E-state index is -0.487. The van der Waals surface area contributed by atoms with Gasteiger partial charge in [-0.2, -0.15) is 0 Å². The Hall–Kier alpha value is -1.56. The average Bonchev–Trinajstić information content (AvgIpc) is 2.87. The first-order valence-corrected chi connectivity index (χ1v) is 7.04. The number of ether oxygens (including phenoxy) is 1. The van der Waals surface area contributed by atoms with Crippen molar-refractivity contribution in [2.45, 2.75) is 26.3 Å². The van der Waals surface area contributed by atoms with Gasteiger partial charge in [0.25, 0.3) is 0 Å². The maximum Gasteiger partial charge on any atom is 0.328 e. The van der Waals surface area contributed by atoms with Gasteiger partial charge in [0, 0.05) is 27.8 Å². The number of nitrogens with zero attached hydrogens (tertiary/aromatic N) is 3. The van der Waals surface area contributed by atoms with Crippen molar-refractivity contribution in [3.8, 4) is 0 Å². The molecular formula is C12H18N4O2S. The Kier molecular flexibility index (Phi) is 6.95. The Labute approximate surface area is 116 Å². The van der Waals surface area contributed by atoms with E-state index in [9.17, 15) is 4.79 Å². The van der Waals surface area contributed by atoms with Gasteiger partial charge in [-0.3, -0.25) is 5.32 Å². The molecule has 0 amide bonds. The quantitative estimate of drug-likeness (QED) is 0.261. The average molecular weight is 282 g/mol. The largest absolute Gasteiger partial charge is 0.465 e. The molecule has 6 nitrogen and oxygen atoms in total. The van der Waals surface area contributed by atoms with E-state index < -0.39 is 6.04 Å². The lowest BCUT2D eigenvalue weighted by Crippen LogP contribution is -2.31. The Morgan fingerprint density at radius 3 is 2.95 bits per heavy atom. The predicted octanol–water partition coefficient (Wildman–Crippen LogP) is 2.81. The molecule has 1 unspecified atom stereocenters. The molecule has 1 aromatic heterocycles. The molecule has 0 saturated carbocycles. The minimum absolute atomic E-state index is 0.298. The molecule has 1 aromatic rings. The number of esters is 1. The van der Waals surface area contributed by atoms with Crippen LogP contribution in [-0.4, -0.2) is 25.7 Å². The summed E-state index contributed by atoms with van der Waals surface area (Å²) in [5, 5.41) is 6.50. The summed E-state index contributed by atoms with van der Waals surface area (Å²) in [6.07, 6.45) is 0.943. The summed E-state index contributed by atoms with van der Waals surface area (Å²) in [5.74, 6) is -0.298. The van der Waals surface area contributed by atoms with Crippen LogP contribution in [0.2, 0.25) is 0 Å². The lowest BCUT2D eigenvalue weighted by atomic mass is 10.2.